The second-order valence-electron chi connectivity index (χ2n) is 8.60. The Kier molecular flexibility index (Phi) is 6.37. The van der Waals surface area contributed by atoms with Gasteiger partial charge >= 0.3 is 5.97 Å². The van der Waals surface area contributed by atoms with E-state index in [0.717, 1.165) is 11.3 Å². The molecule has 2 aromatic carbocycles. The number of esters is 1. The number of amides is 1. The van der Waals surface area contributed by atoms with Gasteiger partial charge in [-0.15, -0.1) is 0 Å². The van der Waals surface area contributed by atoms with Crippen LogP contribution in [0, 0.1) is 18.8 Å². The minimum Gasteiger partial charge on any atom is -0.496 e. The standard InChI is InChI=1S/C25H29NO6/c1-15-10-16(8-9-21(15)30-2)24(28)26-13-17-11-20(27)23(12-18(17)14-26)32-22-7-5-4-6-19(22)25(29)31-3/h4-10,17-18,20,23,27H,11-14H2,1-3H3/t17-,18+,20+,23+/m0/s1. The van der Waals surface area contributed by atoms with Crippen molar-refractivity contribution in [2.45, 2.75) is 32.0 Å². The van der Waals surface area contributed by atoms with Crippen molar-refractivity contribution in [1.29, 1.82) is 0 Å². The number of carbonyl (C=O) groups is 2. The highest BCUT2D eigenvalue weighted by Gasteiger charge is 2.44. The van der Waals surface area contributed by atoms with E-state index in [9.17, 15) is 14.7 Å². The summed E-state index contributed by atoms with van der Waals surface area (Å²) in [5.41, 5.74) is 1.90. The highest BCUT2D eigenvalue weighted by molar-refractivity contribution is 5.95. The van der Waals surface area contributed by atoms with Gasteiger partial charge in [0.25, 0.3) is 5.91 Å². The first-order valence-electron chi connectivity index (χ1n) is 10.9. The average Bonchev–Trinajstić information content (AvgIpc) is 3.21. The van der Waals surface area contributed by atoms with Crippen LogP contribution in [0.25, 0.3) is 0 Å². The summed E-state index contributed by atoms with van der Waals surface area (Å²) in [5.74, 6) is 1.14. The Morgan fingerprint density at radius 2 is 1.72 bits per heavy atom. The third-order valence-electron chi connectivity index (χ3n) is 6.58. The van der Waals surface area contributed by atoms with Gasteiger partial charge in [0.05, 0.1) is 20.3 Å². The number of rotatable bonds is 5. The number of hydrogen-bond acceptors (Lipinski definition) is 6. The summed E-state index contributed by atoms with van der Waals surface area (Å²) in [5, 5.41) is 10.7. The number of methoxy groups -OCH3 is 2. The number of ether oxygens (including phenoxy) is 3. The zero-order valence-electron chi connectivity index (χ0n) is 18.6. The van der Waals surface area contributed by atoms with Gasteiger partial charge in [0.2, 0.25) is 0 Å². The van der Waals surface area contributed by atoms with Crippen molar-refractivity contribution >= 4 is 11.9 Å². The van der Waals surface area contributed by atoms with Crippen molar-refractivity contribution in [3.8, 4) is 11.5 Å². The van der Waals surface area contributed by atoms with Crippen LogP contribution < -0.4 is 9.47 Å². The molecule has 4 atom stereocenters. The van der Waals surface area contributed by atoms with Crippen LogP contribution >= 0.6 is 0 Å². The van der Waals surface area contributed by atoms with Crippen LogP contribution in [0.15, 0.2) is 42.5 Å². The maximum atomic E-state index is 13.1. The summed E-state index contributed by atoms with van der Waals surface area (Å²) < 4.78 is 16.2. The number of carbonyl (C=O) groups excluding carboxylic acids is 2. The fourth-order valence-corrected chi connectivity index (χ4v) is 4.89. The molecule has 1 saturated heterocycles. The first kappa shape index (κ1) is 22.1. The predicted octanol–water partition coefficient (Wildman–Crippen LogP) is 3.08. The van der Waals surface area contributed by atoms with E-state index in [-0.39, 0.29) is 17.7 Å². The number of nitrogens with zero attached hydrogens (tertiary/aromatic N) is 1. The molecule has 1 aliphatic carbocycles. The topological polar surface area (TPSA) is 85.3 Å². The SMILES string of the molecule is COC(=O)c1ccccc1O[C@@H]1C[C@@H]2CN(C(=O)c3ccc(OC)c(C)c3)C[C@@H]2C[C@H]1O. The molecule has 32 heavy (non-hydrogen) atoms. The molecule has 7 nitrogen and oxygen atoms in total. The molecule has 1 amide bonds. The molecule has 170 valence electrons. The first-order valence-corrected chi connectivity index (χ1v) is 10.9. The Morgan fingerprint density at radius 3 is 2.41 bits per heavy atom. The molecule has 7 heteroatoms. The second kappa shape index (κ2) is 9.20. The largest absolute Gasteiger partial charge is 0.496 e. The maximum absolute atomic E-state index is 13.1. The van der Waals surface area contributed by atoms with Crippen molar-refractivity contribution in [3.05, 3.63) is 59.2 Å². The zero-order valence-corrected chi connectivity index (χ0v) is 18.6. The molecule has 0 spiro atoms. The number of fused-ring (bicyclic) bond motifs is 1. The van der Waals surface area contributed by atoms with E-state index >= 15 is 0 Å². The molecule has 1 aliphatic heterocycles. The van der Waals surface area contributed by atoms with Gasteiger partial charge in [-0.2, -0.15) is 0 Å². The molecule has 2 fully saturated rings. The first-order chi connectivity index (χ1) is 15.4. The van der Waals surface area contributed by atoms with Crippen molar-refractivity contribution in [2.75, 3.05) is 27.3 Å². The summed E-state index contributed by atoms with van der Waals surface area (Å²) in [6.07, 6.45) is 0.0639. The van der Waals surface area contributed by atoms with E-state index in [0.29, 0.717) is 42.8 Å². The lowest BCUT2D eigenvalue weighted by molar-refractivity contribution is -0.0237. The number of aryl methyl sites for hydroxylation is 1. The van der Waals surface area contributed by atoms with E-state index in [2.05, 4.69) is 0 Å². The zero-order chi connectivity index (χ0) is 22.8. The number of aliphatic hydroxyl groups excluding tert-OH is 1. The van der Waals surface area contributed by atoms with Crippen LogP contribution in [0.1, 0.15) is 39.1 Å². The van der Waals surface area contributed by atoms with Gasteiger partial charge in [-0.3, -0.25) is 4.79 Å². The normalized spacial score (nSPS) is 24.6. The Hall–Kier alpha value is -3.06. The van der Waals surface area contributed by atoms with E-state index in [1.54, 1.807) is 37.4 Å². The molecule has 2 aromatic rings. The smallest absolute Gasteiger partial charge is 0.341 e. The number of likely N-dealkylation sites (tertiary alicyclic amines) is 1. The van der Waals surface area contributed by atoms with Gasteiger partial charge in [0.15, 0.2) is 0 Å². The summed E-state index contributed by atoms with van der Waals surface area (Å²) >= 11 is 0. The molecule has 0 radical (unpaired) electrons. The highest BCUT2D eigenvalue weighted by atomic mass is 16.5. The quantitative estimate of drug-likeness (QED) is 0.721. The number of hydrogen-bond donors (Lipinski definition) is 1. The molecule has 1 N–H and O–H groups in total. The van der Waals surface area contributed by atoms with Crippen molar-refractivity contribution in [2.24, 2.45) is 11.8 Å². The lowest BCUT2D eigenvalue weighted by Crippen LogP contribution is -2.42. The Morgan fingerprint density at radius 1 is 1.00 bits per heavy atom. The van der Waals surface area contributed by atoms with Crippen molar-refractivity contribution < 1.29 is 28.9 Å². The summed E-state index contributed by atoms with van der Waals surface area (Å²) in [7, 11) is 2.94. The third-order valence-corrected chi connectivity index (χ3v) is 6.58. The van der Waals surface area contributed by atoms with Gasteiger partial charge in [-0.1, -0.05) is 12.1 Å². The van der Waals surface area contributed by atoms with Gasteiger partial charge in [-0.05, 0) is 67.5 Å². The predicted molar refractivity (Wildman–Crippen MR) is 118 cm³/mol. The Balaban J connectivity index is 1.45. The van der Waals surface area contributed by atoms with Crippen LogP contribution in [0.2, 0.25) is 0 Å². The minimum atomic E-state index is -0.666. The molecule has 0 unspecified atom stereocenters. The second-order valence-corrected chi connectivity index (χ2v) is 8.60. The van der Waals surface area contributed by atoms with Gasteiger partial charge < -0.3 is 24.2 Å². The monoisotopic (exact) mass is 439 g/mol. The molecule has 0 bridgehead atoms. The number of aliphatic hydroxyl groups is 1. The lowest BCUT2D eigenvalue weighted by Gasteiger charge is -2.35. The summed E-state index contributed by atoms with van der Waals surface area (Å²) in [6.45, 7) is 3.17. The highest BCUT2D eigenvalue weighted by Crippen LogP contribution is 2.39. The molecule has 0 aromatic heterocycles. The molecule has 1 saturated carbocycles. The van der Waals surface area contributed by atoms with E-state index < -0.39 is 18.2 Å². The van der Waals surface area contributed by atoms with Gasteiger partial charge in [0.1, 0.15) is 23.2 Å². The maximum Gasteiger partial charge on any atom is 0.341 e. The molecule has 1 heterocycles. The van der Waals surface area contributed by atoms with Crippen LogP contribution in [0.4, 0.5) is 0 Å². The van der Waals surface area contributed by atoms with Gasteiger partial charge in [-0.25, -0.2) is 4.79 Å². The molecule has 4 rings (SSSR count). The Labute approximate surface area is 187 Å². The van der Waals surface area contributed by atoms with Crippen LogP contribution in [0.3, 0.4) is 0 Å². The van der Waals surface area contributed by atoms with Crippen molar-refractivity contribution in [1.82, 2.24) is 4.90 Å². The van der Waals surface area contributed by atoms with E-state index in [1.165, 1.54) is 7.11 Å². The number of benzene rings is 2. The summed E-state index contributed by atoms with van der Waals surface area (Å²) in [6, 6.07) is 12.3. The van der Waals surface area contributed by atoms with Crippen LogP contribution in [0.5, 0.6) is 11.5 Å². The van der Waals surface area contributed by atoms with E-state index in [1.807, 2.05) is 24.0 Å². The van der Waals surface area contributed by atoms with Crippen LogP contribution in [-0.2, 0) is 4.74 Å². The summed E-state index contributed by atoms with van der Waals surface area (Å²) in [4.78, 5) is 27.0. The molecular formula is C25H29NO6. The van der Waals surface area contributed by atoms with Crippen molar-refractivity contribution in [3.63, 3.8) is 0 Å². The third kappa shape index (κ3) is 4.30. The molecular weight excluding hydrogens is 410 g/mol. The molecule has 2 aliphatic rings. The van der Waals surface area contributed by atoms with Gasteiger partial charge in [0, 0.05) is 18.7 Å². The average molecular weight is 440 g/mol. The fourth-order valence-electron chi connectivity index (χ4n) is 4.89. The fraction of sp³-hybridized carbons (Fsp3) is 0.440. The minimum absolute atomic E-state index is 0.00634. The lowest BCUT2D eigenvalue weighted by atomic mass is 9.78. The van der Waals surface area contributed by atoms with E-state index in [4.69, 9.17) is 14.2 Å². The number of para-hydroxylation sites is 1. The Bertz CT molecular complexity index is 1010. The van der Waals surface area contributed by atoms with Crippen LogP contribution in [-0.4, -0.2) is 61.4 Å².